The lowest BCUT2D eigenvalue weighted by atomic mass is 10.1. The van der Waals surface area contributed by atoms with Gasteiger partial charge in [-0.25, -0.2) is 4.98 Å². The molecule has 0 aliphatic rings. The number of anilines is 2. The summed E-state index contributed by atoms with van der Waals surface area (Å²) in [6.45, 7) is 2.12. The summed E-state index contributed by atoms with van der Waals surface area (Å²) in [5, 5.41) is 0. The van der Waals surface area contributed by atoms with Crippen molar-refractivity contribution >= 4 is 22.9 Å². The molecule has 0 aliphatic carbocycles. The molecule has 0 saturated carbocycles. The second-order valence-corrected chi connectivity index (χ2v) is 6.29. The predicted molar refractivity (Wildman–Crippen MR) is 104 cm³/mol. The van der Waals surface area contributed by atoms with Crippen molar-refractivity contribution in [2.24, 2.45) is 0 Å². The van der Waals surface area contributed by atoms with Crippen molar-refractivity contribution < 1.29 is 0 Å². The molecule has 0 spiro atoms. The molecule has 4 N–H and O–H groups in total. The van der Waals surface area contributed by atoms with Gasteiger partial charge in [0, 0.05) is 6.42 Å². The molecule has 4 aromatic rings. The van der Waals surface area contributed by atoms with Crippen LogP contribution in [-0.2, 0) is 6.42 Å². The molecule has 26 heavy (non-hydrogen) atoms. The van der Waals surface area contributed by atoms with Crippen molar-refractivity contribution in [1.82, 2.24) is 19.5 Å². The highest BCUT2D eigenvalue weighted by molar-refractivity contribution is 5.83. The van der Waals surface area contributed by atoms with Gasteiger partial charge in [-0.1, -0.05) is 60.7 Å². The summed E-state index contributed by atoms with van der Waals surface area (Å²) in [5.41, 5.74) is 15.5. The quantitative estimate of drug-likeness (QED) is 0.593. The Morgan fingerprint density at radius 1 is 0.885 bits per heavy atom. The van der Waals surface area contributed by atoms with Crippen LogP contribution in [0.25, 0.3) is 11.2 Å². The zero-order chi connectivity index (χ0) is 18.1. The lowest BCUT2D eigenvalue weighted by molar-refractivity contribution is 0.622. The summed E-state index contributed by atoms with van der Waals surface area (Å²) in [4.78, 5) is 13.2. The van der Waals surface area contributed by atoms with Gasteiger partial charge in [0.05, 0.1) is 6.04 Å². The fraction of sp³-hybridized carbons (Fsp3) is 0.150. The van der Waals surface area contributed by atoms with Crippen LogP contribution in [0.2, 0.25) is 0 Å². The van der Waals surface area contributed by atoms with Crippen LogP contribution in [0.1, 0.15) is 29.9 Å². The van der Waals surface area contributed by atoms with E-state index in [2.05, 4.69) is 45.7 Å². The first-order valence-electron chi connectivity index (χ1n) is 8.52. The zero-order valence-electron chi connectivity index (χ0n) is 14.5. The number of nitrogens with zero attached hydrogens (tertiary/aromatic N) is 4. The number of nitrogens with two attached hydrogens (primary N) is 2. The topological polar surface area (TPSA) is 95.6 Å². The Hall–Kier alpha value is -3.41. The number of benzene rings is 2. The Morgan fingerprint density at radius 3 is 2.23 bits per heavy atom. The van der Waals surface area contributed by atoms with E-state index < -0.39 is 0 Å². The molecule has 1 atom stereocenters. The molecular weight excluding hydrogens is 324 g/mol. The van der Waals surface area contributed by atoms with E-state index in [1.807, 2.05) is 36.4 Å². The fourth-order valence-corrected chi connectivity index (χ4v) is 3.25. The smallest absolute Gasteiger partial charge is 0.224 e. The van der Waals surface area contributed by atoms with E-state index in [1.54, 1.807) is 0 Å². The molecule has 2 aromatic heterocycles. The molecule has 6 nitrogen and oxygen atoms in total. The standard InChI is InChI=1S/C20H20N6/c1-13(15-10-6-3-7-11-15)26-16(12-14-8-4-2-5-9-14)23-17-18(21)24-20(22)25-19(17)26/h2-11,13H,12H2,1H3,(H4,21,22,24,25). The number of hydrogen-bond donors (Lipinski definition) is 2. The van der Waals surface area contributed by atoms with Gasteiger partial charge in [-0.15, -0.1) is 0 Å². The van der Waals surface area contributed by atoms with Crippen LogP contribution in [0.3, 0.4) is 0 Å². The molecule has 2 aromatic carbocycles. The van der Waals surface area contributed by atoms with Crippen molar-refractivity contribution in [1.29, 1.82) is 0 Å². The zero-order valence-corrected chi connectivity index (χ0v) is 14.5. The molecular formula is C20H20N6. The van der Waals surface area contributed by atoms with Gasteiger partial charge >= 0.3 is 0 Å². The first-order chi connectivity index (χ1) is 12.6. The summed E-state index contributed by atoms with van der Waals surface area (Å²) >= 11 is 0. The lowest BCUT2D eigenvalue weighted by Crippen LogP contribution is -2.12. The average molecular weight is 344 g/mol. The van der Waals surface area contributed by atoms with Gasteiger partial charge in [0.1, 0.15) is 5.82 Å². The Balaban J connectivity index is 1.91. The van der Waals surface area contributed by atoms with E-state index in [0.29, 0.717) is 23.4 Å². The van der Waals surface area contributed by atoms with Crippen LogP contribution in [0.15, 0.2) is 60.7 Å². The molecule has 2 heterocycles. The number of nitrogen functional groups attached to an aromatic ring is 2. The number of aromatic nitrogens is 4. The molecule has 0 bridgehead atoms. The van der Waals surface area contributed by atoms with Crippen LogP contribution in [0.4, 0.5) is 11.8 Å². The number of rotatable bonds is 4. The summed E-state index contributed by atoms with van der Waals surface area (Å²) in [6, 6.07) is 20.5. The van der Waals surface area contributed by atoms with Crippen LogP contribution >= 0.6 is 0 Å². The van der Waals surface area contributed by atoms with Gasteiger partial charge in [0.25, 0.3) is 0 Å². The molecule has 0 radical (unpaired) electrons. The SMILES string of the molecule is CC(c1ccccc1)n1c(Cc2ccccc2)nc2c(N)nc(N)nc21. The maximum Gasteiger partial charge on any atom is 0.224 e. The van der Waals surface area contributed by atoms with Gasteiger partial charge in [0.2, 0.25) is 5.95 Å². The maximum atomic E-state index is 6.06. The Morgan fingerprint density at radius 2 is 1.54 bits per heavy atom. The second-order valence-electron chi connectivity index (χ2n) is 6.29. The van der Waals surface area contributed by atoms with Crippen molar-refractivity contribution in [3.8, 4) is 0 Å². The third kappa shape index (κ3) is 2.86. The van der Waals surface area contributed by atoms with E-state index in [1.165, 1.54) is 5.56 Å². The Kier molecular flexibility index (Phi) is 4.01. The Labute approximate surface area is 151 Å². The monoisotopic (exact) mass is 344 g/mol. The van der Waals surface area contributed by atoms with E-state index in [-0.39, 0.29) is 12.0 Å². The highest BCUT2D eigenvalue weighted by atomic mass is 15.2. The van der Waals surface area contributed by atoms with Crippen molar-refractivity contribution in [2.75, 3.05) is 11.5 Å². The second kappa shape index (κ2) is 6.48. The number of imidazole rings is 1. The van der Waals surface area contributed by atoms with E-state index in [9.17, 15) is 0 Å². The molecule has 0 saturated heterocycles. The normalized spacial score (nSPS) is 12.3. The third-order valence-corrected chi connectivity index (χ3v) is 4.53. The maximum absolute atomic E-state index is 6.06. The minimum Gasteiger partial charge on any atom is -0.382 e. The largest absolute Gasteiger partial charge is 0.382 e. The summed E-state index contributed by atoms with van der Waals surface area (Å²) in [7, 11) is 0. The van der Waals surface area contributed by atoms with E-state index in [0.717, 1.165) is 11.4 Å². The van der Waals surface area contributed by atoms with Crippen molar-refractivity contribution in [3.63, 3.8) is 0 Å². The summed E-state index contributed by atoms with van der Waals surface area (Å²) in [6.07, 6.45) is 0.674. The molecule has 0 fully saturated rings. The van der Waals surface area contributed by atoms with E-state index >= 15 is 0 Å². The molecule has 6 heteroatoms. The first-order valence-corrected chi connectivity index (χ1v) is 8.52. The highest BCUT2D eigenvalue weighted by Crippen LogP contribution is 2.28. The third-order valence-electron chi connectivity index (χ3n) is 4.53. The van der Waals surface area contributed by atoms with E-state index in [4.69, 9.17) is 16.5 Å². The van der Waals surface area contributed by atoms with Gasteiger partial charge in [-0.3, -0.25) is 0 Å². The summed E-state index contributed by atoms with van der Waals surface area (Å²) < 4.78 is 2.10. The molecule has 1 unspecified atom stereocenters. The van der Waals surface area contributed by atoms with Gasteiger partial charge in [-0.2, -0.15) is 9.97 Å². The van der Waals surface area contributed by atoms with Crippen LogP contribution in [0, 0.1) is 0 Å². The van der Waals surface area contributed by atoms with Crippen LogP contribution < -0.4 is 11.5 Å². The molecule has 4 rings (SSSR count). The van der Waals surface area contributed by atoms with Crippen molar-refractivity contribution in [3.05, 3.63) is 77.6 Å². The van der Waals surface area contributed by atoms with Gasteiger partial charge < -0.3 is 16.0 Å². The molecule has 0 amide bonds. The number of fused-ring (bicyclic) bond motifs is 1. The summed E-state index contributed by atoms with van der Waals surface area (Å²) in [5.74, 6) is 1.35. The van der Waals surface area contributed by atoms with Crippen LogP contribution in [-0.4, -0.2) is 19.5 Å². The Bertz CT molecular complexity index is 1040. The average Bonchev–Trinajstić information content (AvgIpc) is 3.01. The van der Waals surface area contributed by atoms with Crippen LogP contribution in [0.5, 0.6) is 0 Å². The molecule has 130 valence electrons. The minimum atomic E-state index is 0.0358. The van der Waals surface area contributed by atoms with Gasteiger partial charge in [0.15, 0.2) is 17.0 Å². The molecule has 0 aliphatic heterocycles. The predicted octanol–water partition coefficient (Wildman–Crippen LogP) is 3.19. The lowest BCUT2D eigenvalue weighted by Gasteiger charge is -2.18. The number of hydrogen-bond acceptors (Lipinski definition) is 5. The fourth-order valence-electron chi connectivity index (χ4n) is 3.25. The highest BCUT2D eigenvalue weighted by Gasteiger charge is 2.21. The van der Waals surface area contributed by atoms with Gasteiger partial charge in [-0.05, 0) is 18.1 Å². The minimum absolute atomic E-state index is 0.0358. The van der Waals surface area contributed by atoms with Crippen molar-refractivity contribution in [2.45, 2.75) is 19.4 Å². The first kappa shape index (κ1) is 16.1.